The Kier molecular flexibility index (Phi) is 4.96. The summed E-state index contributed by atoms with van der Waals surface area (Å²) in [4.78, 5) is 26.8. The van der Waals surface area contributed by atoms with Gasteiger partial charge in [-0.1, -0.05) is 44.2 Å². The Morgan fingerprint density at radius 3 is 2.48 bits per heavy atom. The van der Waals surface area contributed by atoms with E-state index in [0.717, 1.165) is 5.56 Å². The van der Waals surface area contributed by atoms with Crippen LogP contribution in [-0.4, -0.2) is 43.0 Å². The summed E-state index contributed by atoms with van der Waals surface area (Å²) in [5, 5.41) is 2.85. The van der Waals surface area contributed by atoms with E-state index in [9.17, 15) is 9.59 Å². The molecule has 2 amide bonds. The molecule has 0 aromatic heterocycles. The fourth-order valence-electron chi connectivity index (χ4n) is 2.59. The maximum Gasteiger partial charge on any atom is 0.248 e. The van der Waals surface area contributed by atoms with Gasteiger partial charge in [0.25, 0.3) is 0 Å². The second-order valence-electron chi connectivity index (χ2n) is 5.57. The highest BCUT2D eigenvalue weighted by Gasteiger charge is 2.42. The van der Waals surface area contributed by atoms with E-state index in [-0.39, 0.29) is 17.7 Å². The lowest BCUT2D eigenvalue weighted by molar-refractivity contribution is -0.151. The predicted molar refractivity (Wildman–Crippen MR) is 79.5 cm³/mol. The standard InChI is InChI=1S/C16H22N2O3/c1-11(2)13-16(20)18(9-10-21-3)14(15(19)17-13)12-7-5-4-6-8-12/h4-8,11,13-14H,9-10H2,1-3H3,(H,17,19). The third kappa shape index (κ3) is 3.24. The quantitative estimate of drug-likeness (QED) is 0.890. The van der Waals surface area contributed by atoms with Crippen molar-refractivity contribution in [3.8, 4) is 0 Å². The van der Waals surface area contributed by atoms with E-state index < -0.39 is 12.1 Å². The molecule has 5 nitrogen and oxygen atoms in total. The molecule has 21 heavy (non-hydrogen) atoms. The Balaban J connectivity index is 2.33. The van der Waals surface area contributed by atoms with Gasteiger partial charge in [-0.3, -0.25) is 9.59 Å². The number of nitrogens with one attached hydrogen (secondary N) is 1. The number of benzene rings is 1. The molecule has 0 spiro atoms. The summed E-state index contributed by atoms with van der Waals surface area (Å²) in [7, 11) is 1.59. The normalized spacial score (nSPS) is 22.6. The average Bonchev–Trinajstić information content (AvgIpc) is 2.48. The van der Waals surface area contributed by atoms with Crippen molar-refractivity contribution >= 4 is 11.8 Å². The number of rotatable bonds is 5. The minimum atomic E-state index is -0.580. The second-order valence-corrected chi connectivity index (χ2v) is 5.57. The van der Waals surface area contributed by atoms with Crippen LogP contribution in [0.1, 0.15) is 25.5 Å². The van der Waals surface area contributed by atoms with Crippen molar-refractivity contribution in [2.24, 2.45) is 5.92 Å². The van der Waals surface area contributed by atoms with Gasteiger partial charge in [0.1, 0.15) is 12.1 Å². The minimum Gasteiger partial charge on any atom is -0.383 e. The van der Waals surface area contributed by atoms with E-state index in [1.807, 2.05) is 44.2 Å². The molecule has 0 saturated carbocycles. The van der Waals surface area contributed by atoms with Crippen molar-refractivity contribution in [3.05, 3.63) is 35.9 Å². The Morgan fingerprint density at radius 2 is 1.90 bits per heavy atom. The molecule has 1 aromatic rings. The summed E-state index contributed by atoms with van der Waals surface area (Å²) in [5.41, 5.74) is 0.821. The summed E-state index contributed by atoms with van der Waals surface area (Å²) in [6.45, 7) is 4.68. The molecule has 1 saturated heterocycles. The van der Waals surface area contributed by atoms with Crippen LogP contribution in [0.3, 0.4) is 0 Å². The molecule has 1 heterocycles. The van der Waals surface area contributed by atoms with E-state index in [4.69, 9.17) is 4.74 Å². The van der Waals surface area contributed by atoms with Crippen LogP contribution in [0, 0.1) is 5.92 Å². The van der Waals surface area contributed by atoms with Crippen molar-refractivity contribution < 1.29 is 14.3 Å². The molecule has 1 fully saturated rings. The van der Waals surface area contributed by atoms with Crippen molar-refractivity contribution in [1.82, 2.24) is 10.2 Å². The van der Waals surface area contributed by atoms with Gasteiger partial charge in [-0.15, -0.1) is 0 Å². The summed E-state index contributed by atoms with van der Waals surface area (Å²) in [6, 6.07) is 8.33. The lowest BCUT2D eigenvalue weighted by Gasteiger charge is -2.40. The third-order valence-electron chi connectivity index (χ3n) is 3.73. The first-order valence-corrected chi connectivity index (χ1v) is 7.21. The average molecular weight is 290 g/mol. The molecule has 0 aliphatic carbocycles. The number of methoxy groups -OCH3 is 1. The molecule has 2 atom stereocenters. The van der Waals surface area contributed by atoms with Gasteiger partial charge in [-0.25, -0.2) is 0 Å². The number of hydrogen-bond donors (Lipinski definition) is 1. The zero-order valence-electron chi connectivity index (χ0n) is 12.7. The van der Waals surface area contributed by atoms with Gasteiger partial charge in [0.05, 0.1) is 6.61 Å². The highest BCUT2D eigenvalue weighted by atomic mass is 16.5. The van der Waals surface area contributed by atoms with E-state index in [0.29, 0.717) is 13.2 Å². The van der Waals surface area contributed by atoms with Gasteiger partial charge in [0.15, 0.2) is 0 Å². The molecule has 114 valence electrons. The van der Waals surface area contributed by atoms with Gasteiger partial charge >= 0.3 is 0 Å². The Labute approximate surface area is 125 Å². The molecular weight excluding hydrogens is 268 g/mol. The molecule has 2 unspecified atom stereocenters. The Bertz CT molecular complexity index is 502. The molecule has 1 aliphatic heterocycles. The Morgan fingerprint density at radius 1 is 1.24 bits per heavy atom. The number of hydrogen-bond acceptors (Lipinski definition) is 3. The van der Waals surface area contributed by atoms with E-state index >= 15 is 0 Å². The third-order valence-corrected chi connectivity index (χ3v) is 3.73. The molecule has 1 aliphatic rings. The number of ether oxygens (including phenoxy) is 1. The summed E-state index contributed by atoms with van der Waals surface area (Å²) in [6.07, 6.45) is 0. The molecule has 5 heteroatoms. The largest absolute Gasteiger partial charge is 0.383 e. The van der Waals surface area contributed by atoms with Crippen LogP contribution < -0.4 is 5.32 Å². The molecule has 0 radical (unpaired) electrons. The van der Waals surface area contributed by atoms with Crippen LogP contribution in [0.2, 0.25) is 0 Å². The molecule has 0 bridgehead atoms. The van der Waals surface area contributed by atoms with Gasteiger partial charge in [0, 0.05) is 13.7 Å². The first kappa shape index (κ1) is 15.5. The van der Waals surface area contributed by atoms with E-state index in [2.05, 4.69) is 5.32 Å². The lowest BCUT2D eigenvalue weighted by atomic mass is 9.94. The minimum absolute atomic E-state index is 0.0458. The number of piperazine rings is 1. The van der Waals surface area contributed by atoms with Gasteiger partial charge in [0.2, 0.25) is 11.8 Å². The van der Waals surface area contributed by atoms with Crippen molar-refractivity contribution in [2.45, 2.75) is 25.9 Å². The number of nitrogens with zero attached hydrogens (tertiary/aromatic N) is 1. The number of carbonyl (C=O) groups is 2. The van der Waals surface area contributed by atoms with Crippen molar-refractivity contribution in [3.63, 3.8) is 0 Å². The van der Waals surface area contributed by atoms with E-state index in [1.165, 1.54) is 0 Å². The molecule has 1 aromatic carbocycles. The second kappa shape index (κ2) is 6.72. The summed E-state index contributed by atoms with van der Waals surface area (Å²) < 4.78 is 5.08. The zero-order chi connectivity index (χ0) is 15.4. The van der Waals surface area contributed by atoms with Crippen molar-refractivity contribution in [1.29, 1.82) is 0 Å². The van der Waals surface area contributed by atoms with Crippen molar-refractivity contribution in [2.75, 3.05) is 20.3 Å². The number of amides is 2. The fraction of sp³-hybridized carbons (Fsp3) is 0.500. The first-order valence-electron chi connectivity index (χ1n) is 7.21. The van der Waals surface area contributed by atoms with Crippen LogP contribution in [0.25, 0.3) is 0 Å². The van der Waals surface area contributed by atoms with Crippen LogP contribution in [0.5, 0.6) is 0 Å². The SMILES string of the molecule is COCCN1C(=O)C(C(C)C)NC(=O)C1c1ccccc1. The highest BCUT2D eigenvalue weighted by Crippen LogP contribution is 2.27. The van der Waals surface area contributed by atoms with Crippen LogP contribution in [0.4, 0.5) is 0 Å². The molecular formula is C16H22N2O3. The van der Waals surface area contributed by atoms with Gasteiger partial charge in [-0.05, 0) is 11.5 Å². The predicted octanol–water partition coefficient (Wildman–Crippen LogP) is 1.36. The van der Waals surface area contributed by atoms with Crippen LogP contribution >= 0.6 is 0 Å². The van der Waals surface area contributed by atoms with Gasteiger partial charge in [-0.2, -0.15) is 0 Å². The topological polar surface area (TPSA) is 58.6 Å². The van der Waals surface area contributed by atoms with Crippen LogP contribution in [-0.2, 0) is 14.3 Å². The van der Waals surface area contributed by atoms with E-state index in [1.54, 1.807) is 12.0 Å². The first-order chi connectivity index (χ1) is 10.1. The Hall–Kier alpha value is -1.88. The maximum absolute atomic E-state index is 12.7. The monoisotopic (exact) mass is 290 g/mol. The maximum atomic E-state index is 12.7. The van der Waals surface area contributed by atoms with Crippen LogP contribution in [0.15, 0.2) is 30.3 Å². The molecule has 2 rings (SSSR count). The zero-order valence-corrected chi connectivity index (χ0v) is 12.7. The smallest absolute Gasteiger partial charge is 0.248 e. The summed E-state index contributed by atoms with van der Waals surface area (Å²) >= 11 is 0. The highest BCUT2D eigenvalue weighted by molar-refractivity contribution is 5.97. The lowest BCUT2D eigenvalue weighted by Crippen LogP contribution is -2.61. The fourth-order valence-corrected chi connectivity index (χ4v) is 2.59. The number of carbonyl (C=O) groups excluding carboxylic acids is 2. The molecule has 1 N–H and O–H groups in total. The summed E-state index contributed by atoms with van der Waals surface area (Å²) in [5.74, 6) is -0.116. The van der Waals surface area contributed by atoms with Gasteiger partial charge < -0.3 is 15.0 Å².